The van der Waals surface area contributed by atoms with Crippen molar-refractivity contribution >= 4 is 22.7 Å². The summed E-state index contributed by atoms with van der Waals surface area (Å²) in [5, 5.41) is 0.391. The van der Waals surface area contributed by atoms with Crippen LogP contribution in [0.1, 0.15) is 42.6 Å². The molecule has 4 rings (SSSR count). The molecule has 184 valence electrons. The number of piperazine rings is 1. The number of nitrogens with zero attached hydrogens (tertiary/aromatic N) is 4. The van der Waals surface area contributed by atoms with Crippen LogP contribution in [0.25, 0.3) is 10.9 Å². The number of halogens is 1. The number of amides is 2. The fraction of sp³-hybridized carbons (Fsp3) is 0.385. The fourth-order valence-electron chi connectivity index (χ4n) is 4.76. The molecule has 0 N–H and O–H groups in total. The summed E-state index contributed by atoms with van der Waals surface area (Å²) in [6.07, 6.45) is 1.68. The van der Waals surface area contributed by atoms with E-state index < -0.39 is 23.0 Å². The summed E-state index contributed by atoms with van der Waals surface area (Å²) in [4.78, 5) is 54.3. The second-order valence-electron chi connectivity index (χ2n) is 8.85. The minimum absolute atomic E-state index is 0.0510. The van der Waals surface area contributed by atoms with Crippen molar-refractivity contribution in [1.82, 2.24) is 18.9 Å². The summed E-state index contributed by atoms with van der Waals surface area (Å²) in [5.74, 6) is -1.39. The largest absolute Gasteiger partial charge is 0.336 e. The van der Waals surface area contributed by atoms with E-state index in [0.717, 1.165) is 17.4 Å². The Labute approximate surface area is 202 Å². The normalized spacial score (nSPS) is 14.3. The molecule has 0 aliphatic carbocycles. The van der Waals surface area contributed by atoms with E-state index in [-0.39, 0.29) is 30.6 Å². The van der Waals surface area contributed by atoms with E-state index in [1.807, 2.05) is 13.8 Å². The SMILES string of the molecule is CCC(CC)N1CCN(C(=O)c2cc(Cn3c(=O)n(C)c(=O)c4ccccc43)ccc2F)CC1=O. The van der Waals surface area contributed by atoms with Crippen LogP contribution in [0, 0.1) is 5.82 Å². The highest BCUT2D eigenvalue weighted by Gasteiger charge is 2.31. The molecule has 8 nitrogen and oxygen atoms in total. The first-order valence-electron chi connectivity index (χ1n) is 11.8. The summed E-state index contributed by atoms with van der Waals surface area (Å²) in [7, 11) is 1.41. The Morgan fingerprint density at radius 1 is 1.03 bits per heavy atom. The van der Waals surface area contributed by atoms with Gasteiger partial charge >= 0.3 is 5.69 Å². The molecule has 3 aromatic rings. The molecule has 0 spiro atoms. The standard InChI is InChI=1S/C26H29FN4O4/c1-4-18(5-2)30-13-12-29(16-23(30)32)25(34)20-14-17(10-11-21(20)27)15-31-22-9-7-6-8-19(22)24(33)28(3)26(31)35/h6-11,14,18H,4-5,12-13,15-16H2,1-3H3. The predicted molar refractivity (Wildman–Crippen MR) is 131 cm³/mol. The Morgan fingerprint density at radius 3 is 2.43 bits per heavy atom. The number of rotatable bonds is 6. The minimum Gasteiger partial charge on any atom is -0.336 e. The number of carbonyl (C=O) groups is 2. The molecule has 9 heteroatoms. The van der Waals surface area contributed by atoms with Crippen molar-refractivity contribution in [2.45, 2.75) is 39.3 Å². The number of aromatic nitrogens is 2. The van der Waals surface area contributed by atoms with Gasteiger partial charge in [-0.1, -0.05) is 32.0 Å². The molecule has 0 unspecified atom stereocenters. The summed E-state index contributed by atoms with van der Waals surface area (Å²) in [5.41, 5.74) is -0.0555. The van der Waals surface area contributed by atoms with E-state index in [0.29, 0.717) is 29.6 Å². The third-order valence-corrected chi connectivity index (χ3v) is 6.78. The second kappa shape index (κ2) is 9.85. The first-order chi connectivity index (χ1) is 16.8. The number of carbonyl (C=O) groups excluding carboxylic acids is 2. The lowest BCUT2D eigenvalue weighted by Crippen LogP contribution is -2.55. The monoisotopic (exact) mass is 480 g/mol. The van der Waals surface area contributed by atoms with E-state index in [9.17, 15) is 23.6 Å². The van der Waals surface area contributed by atoms with Gasteiger partial charge in [0.15, 0.2) is 0 Å². The minimum atomic E-state index is -0.689. The number of fused-ring (bicyclic) bond motifs is 1. The summed E-state index contributed by atoms with van der Waals surface area (Å²) >= 11 is 0. The highest BCUT2D eigenvalue weighted by Crippen LogP contribution is 2.19. The van der Waals surface area contributed by atoms with E-state index in [2.05, 4.69) is 0 Å². The molecular weight excluding hydrogens is 451 g/mol. The zero-order valence-corrected chi connectivity index (χ0v) is 20.2. The molecule has 0 saturated carbocycles. The van der Waals surface area contributed by atoms with Crippen molar-refractivity contribution in [1.29, 1.82) is 0 Å². The lowest BCUT2D eigenvalue weighted by atomic mass is 10.1. The molecule has 0 radical (unpaired) electrons. The van der Waals surface area contributed by atoms with Crippen LogP contribution in [0.4, 0.5) is 4.39 Å². The van der Waals surface area contributed by atoms with E-state index >= 15 is 0 Å². The van der Waals surface area contributed by atoms with Crippen molar-refractivity contribution in [3.63, 3.8) is 0 Å². The van der Waals surface area contributed by atoms with Gasteiger partial charge in [0.1, 0.15) is 12.4 Å². The van der Waals surface area contributed by atoms with Crippen LogP contribution in [0.15, 0.2) is 52.1 Å². The number of para-hydroxylation sites is 1. The molecule has 1 aliphatic heterocycles. The van der Waals surface area contributed by atoms with Gasteiger partial charge in [-0.15, -0.1) is 0 Å². The third-order valence-electron chi connectivity index (χ3n) is 6.78. The second-order valence-corrected chi connectivity index (χ2v) is 8.85. The quantitative estimate of drug-likeness (QED) is 0.542. The van der Waals surface area contributed by atoms with E-state index in [4.69, 9.17) is 0 Å². The zero-order valence-electron chi connectivity index (χ0n) is 20.2. The maximum Gasteiger partial charge on any atom is 0.331 e. The van der Waals surface area contributed by atoms with Crippen LogP contribution < -0.4 is 11.2 Å². The maximum absolute atomic E-state index is 14.7. The molecule has 1 saturated heterocycles. The van der Waals surface area contributed by atoms with Crippen molar-refractivity contribution in [3.05, 3.63) is 80.2 Å². The Kier molecular flexibility index (Phi) is 6.86. The van der Waals surface area contributed by atoms with Crippen LogP contribution in [0.2, 0.25) is 0 Å². The lowest BCUT2D eigenvalue weighted by molar-refractivity contribution is -0.137. The lowest BCUT2D eigenvalue weighted by Gasteiger charge is -2.38. The molecule has 0 atom stereocenters. The molecule has 1 aliphatic rings. The molecule has 0 bridgehead atoms. The van der Waals surface area contributed by atoms with Gasteiger partial charge in [-0.05, 0) is 42.7 Å². The van der Waals surface area contributed by atoms with E-state index in [1.54, 1.807) is 29.2 Å². The topological polar surface area (TPSA) is 84.6 Å². The van der Waals surface area contributed by atoms with Crippen LogP contribution >= 0.6 is 0 Å². The summed E-state index contributed by atoms with van der Waals surface area (Å²) in [6, 6.07) is 11.0. The van der Waals surface area contributed by atoms with Crippen LogP contribution in [0.3, 0.4) is 0 Å². The van der Waals surface area contributed by atoms with Crippen molar-refractivity contribution in [2.75, 3.05) is 19.6 Å². The van der Waals surface area contributed by atoms with Gasteiger partial charge < -0.3 is 9.80 Å². The van der Waals surface area contributed by atoms with Crippen LogP contribution in [-0.2, 0) is 18.4 Å². The van der Waals surface area contributed by atoms with Gasteiger partial charge in [0.05, 0.1) is 23.0 Å². The first kappa shape index (κ1) is 24.4. The molecule has 2 aromatic carbocycles. The highest BCUT2D eigenvalue weighted by molar-refractivity contribution is 5.97. The van der Waals surface area contributed by atoms with Gasteiger partial charge in [-0.3, -0.25) is 23.5 Å². The van der Waals surface area contributed by atoms with Crippen molar-refractivity contribution < 1.29 is 14.0 Å². The molecule has 2 amide bonds. The Balaban J connectivity index is 1.63. The smallest absolute Gasteiger partial charge is 0.331 e. The van der Waals surface area contributed by atoms with Crippen LogP contribution in [-0.4, -0.2) is 56.4 Å². The van der Waals surface area contributed by atoms with Gasteiger partial charge in [-0.25, -0.2) is 9.18 Å². The first-order valence-corrected chi connectivity index (χ1v) is 11.8. The van der Waals surface area contributed by atoms with Crippen LogP contribution in [0.5, 0.6) is 0 Å². The van der Waals surface area contributed by atoms with Gasteiger partial charge in [0, 0.05) is 26.2 Å². The zero-order chi connectivity index (χ0) is 25.3. The molecule has 1 aromatic heterocycles. The average molecular weight is 481 g/mol. The summed E-state index contributed by atoms with van der Waals surface area (Å²) < 4.78 is 17.2. The number of hydrogen-bond acceptors (Lipinski definition) is 4. The molecule has 35 heavy (non-hydrogen) atoms. The highest BCUT2D eigenvalue weighted by atomic mass is 19.1. The van der Waals surface area contributed by atoms with E-state index in [1.165, 1.54) is 34.7 Å². The number of benzene rings is 2. The Hall–Kier alpha value is -3.75. The Morgan fingerprint density at radius 2 is 1.74 bits per heavy atom. The summed E-state index contributed by atoms with van der Waals surface area (Å²) in [6.45, 7) is 4.75. The van der Waals surface area contributed by atoms with Gasteiger partial charge in [0.2, 0.25) is 5.91 Å². The number of hydrogen-bond donors (Lipinski definition) is 0. The van der Waals surface area contributed by atoms with Gasteiger partial charge in [-0.2, -0.15) is 0 Å². The predicted octanol–water partition coefficient (Wildman–Crippen LogP) is 2.36. The molecule has 2 heterocycles. The molecular formula is C26H29FN4O4. The molecule has 1 fully saturated rings. The maximum atomic E-state index is 14.7. The average Bonchev–Trinajstić information content (AvgIpc) is 2.87. The van der Waals surface area contributed by atoms with Crippen molar-refractivity contribution in [2.24, 2.45) is 7.05 Å². The third kappa shape index (κ3) is 4.50. The fourth-order valence-corrected chi connectivity index (χ4v) is 4.76. The van der Waals surface area contributed by atoms with Crippen molar-refractivity contribution in [3.8, 4) is 0 Å². The Bertz CT molecular complexity index is 1410. The van der Waals surface area contributed by atoms with Gasteiger partial charge in [0.25, 0.3) is 11.5 Å².